The van der Waals surface area contributed by atoms with Gasteiger partial charge in [0.2, 0.25) is 11.9 Å². The van der Waals surface area contributed by atoms with Crippen LogP contribution in [0.1, 0.15) is 29.6 Å². The molecule has 23 heavy (non-hydrogen) atoms. The maximum absolute atomic E-state index is 12.4. The first-order valence-corrected chi connectivity index (χ1v) is 7.73. The molecule has 2 atom stereocenters. The van der Waals surface area contributed by atoms with Crippen LogP contribution in [0.2, 0.25) is 0 Å². The highest BCUT2D eigenvalue weighted by Crippen LogP contribution is 2.36. The third-order valence-corrected chi connectivity index (χ3v) is 4.67. The Morgan fingerprint density at radius 3 is 2.30 bits per heavy atom. The topological polar surface area (TPSA) is 101 Å². The quantitative estimate of drug-likeness (QED) is 0.515. The zero-order valence-electron chi connectivity index (χ0n) is 12.6. The minimum Gasteiger partial charge on any atom is -0.508 e. The van der Waals surface area contributed by atoms with Crippen molar-refractivity contribution in [1.29, 1.82) is 0 Å². The lowest BCUT2D eigenvalue weighted by atomic mass is 9.88. The molecule has 1 aliphatic carbocycles. The third-order valence-electron chi connectivity index (χ3n) is 4.67. The lowest BCUT2D eigenvalue weighted by Crippen LogP contribution is -2.41. The van der Waals surface area contributed by atoms with Gasteiger partial charge in [0.1, 0.15) is 11.7 Å². The molecule has 1 N–H and O–H groups in total. The van der Waals surface area contributed by atoms with E-state index in [1.165, 1.54) is 12.1 Å². The van der Waals surface area contributed by atoms with Crippen LogP contribution in [-0.4, -0.2) is 45.8 Å². The minimum atomic E-state index is -0.723. The van der Waals surface area contributed by atoms with E-state index in [0.29, 0.717) is 37.9 Å². The van der Waals surface area contributed by atoms with Crippen molar-refractivity contribution in [2.45, 2.75) is 25.3 Å². The summed E-state index contributed by atoms with van der Waals surface area (Å²) in [4.78, 5) is 36.5. The molecule has 1 saturated carbocycles. The Hall–Kier alpha value is -2.44. The van der Waals surface area contributed by atoms with Crippen molar-refractivity contribution in [3.8, 4) is 5.75 Å². The van der Waals surface area contributed by atoms with Gasteiger partial charge in [-0.15, -0.1) is 0 Å². The average Bonchev–Trinajstić information content (AvgIpc) is 3.35. The molecule has 2 fully saturated rings. The fourth-order valence-corrected chi connectivity index (χ4v) is 3.14. The number of rotatable bonds is 4. The van der Waals surface area contributed by atoms with Crippen molar-refractivity contribution >= 4 is 11.7 Å². The molecule has 7 heteroatoms. The molecule has 0 radical (unpaired) electrons. The zero-order chi connectivity index (χ0) is 16.6. The maximum atomic E-state index is 12.4. The highest BCUT2D eigenvalue weighted by Gasteiger charge is 2.54. The SMILES string of the molecule is O=C(c1ccc(O)cc1)C1CCN(C(=O)[C@H]2C[C@@H]2[N+](=O)[O-])CC1. The second kappa shape index (κ2) is 5.98. The van der Waals surface area contributed by atoms with Gasteiger partial charge >= 0.3 is 0 Å². The number of amides is 1. The highest BCUT2D eigenvalue weighted by atomic mass is 16.6. The number of phenolic OH excluding ortho intramolecular Hbond substituents is 1. The standard InChI is InChI=1S/C16H18N2O5/c19-12-3-1-10(2-4-12)15(20)11-5-7-17(8-6-11)16(21)13-9-14(13)18(22)23/h1-4,11,13-14,19H,5-9H2/t13-,14-/m0/s1. The molecule has 3 rings (SSSR count). The zero-order valence-corrected chi connectivity index (χ0v) is 12.6. The first-order valence-electron chi connectivity index (χ1n) is 7.73. The number of carbonyl (C=O) groups excluding carboxylic acids is 2. The van der Waals surface area contributed by atoms with Gasteiger partial charge < -0.3 is 10.0 Å². The number of aromatic hydroxyl groups is 1. The van der Waals surface area contributed by atoms with Gasteiger partial charge in [-0.3, -0.25) is 19.7 Å². The molecule has 1 aromatic carbocycles. The number of piperidine rings is 1. The normalized spacial score (nSPS) is 24.3. The average molecular weight is 318 g/mol. The van der Waals surface area contributed by atoms with Crippen LogP contribution in [0.25, 0.3) is 0 Å². The second-order valence-corrected chi connectivity index (χ2v) is 6.21. The molecule has 0 aromatic heterocycles. The number of benzene rings is 1. The van der Waals surface area contributed by atoms with Crippen LogP contribution in [0.3, 0.4) is 0 Å². The van der Waals surface area contributed by atoms with Crippen molar-refractivity contribution in [3.63, 3.8) is 0 Å². The number of phenols is 1. The van der Waals surface area contributed by atoms with Gasteiger partial charge in [0.15, 0.2) is 5.78 Å². The van der Waals surface area contributed by atoms with Gasteiger partial charge in [0.25, 0.3) is 0 Å². The number of ketones is 1. The molecule has 1 saturated heterocycles. The number of nitrogens with zero attached hydrogens (tertiary/aromatic N) is 2. The Kier molecular flexibility index (Phi) is 4.02. The first kappa shape index (κ1) is 15.5. The van der Waals surface area contributed by atoms with E-state index in [1.807, 2.05) is 0 Å². The molecule has 1 aromatic rings. The molecule has 0 unspecified atom stereocenters. The van der Waals surface area contributed by atoms with Crippen molar-refractivity contribution in [2.24, 2.45) is 11.8 Å². The van der Waals surface area contributed by atoms with Gasteiger partial charge in [0, 0.05) is 35.9 Å². The Morgan fingerprint density at radius 1 is 1.17 bits per heavy atom. The van der Waals surface area contributed by atoms with Crippen molar-refractivity contribution in [2.75, 3.05) is 13.1 Å². The van der Waals surface area contributed by atoms with Gasteiger partial charge in [-0.1, -0.05) is 0 Å². The van der Waals surface area contributed by atoms with E-state index in [1.54, 1.807) is 17.0 Å². The summed E-state index contributed by atoms with van der Waals surface area (Å²) in [5.74, 6) is -0.635. The summed E-state index contributed by atoms with van der Waals surface area (Å²) in [6.07, 6.45) is 1.47. The highest BCUT2D eigenvalue weighted by molar-refractivity contribution is 5.98. The second-order valence-electron chi connectivity index (χ2n) is 6.21. The van der Waals surface area contributed by atoms with Gasteiger partial charge in [-0.2, -0.15) is 0 Å². The van der Waals surface area contributed by atoms with E-state index >= 15 is 0 Å². The number of nitro groups is 1. The number of Topliss-reactive ketones (excluding diaryl/α,β-unsaturated/α-hetero) is 1. The Balaban J connectivity index is 1.54. The van der Waals surface area contributed by atoms with Crippen molar-refractivity contribution in [3.05, 3.63) is 39.9 Å². The summed E-state index contributed by atoms with van der Waals surface area (Å²) in [6.45, 7) is 0.933. The van der Waals surface area contributed by atoms with Crippen LogP contribution in [0.5, 0.6) is 5.75 Å². The van der Waals surface area contributed by atoms with Crippen molar-refractivity contribution in [1.82, 2.24) is 4.90 Å². The number of hydrogen-bond acceptors (Lipinski definition) is 5. The first-order chi connectivity index (χ1) is 11.0. The van der Waals surface area contributed by atoms with E-state index < -0.39 is 12.0 Å². The minimum absolute atomic E-state index is 0.0201. The van der Waals surface area contributed by atoms with Crippen LogP contribution in [0, 0.1) is 22.0 Å². The number of hydrogen-bond donors (Lipinski definition) is 1. The van der Waals surface area contributed by atoms with E-state index in [9.17, 15) is 24.8 Å². The summed E-state index contributed by atoms with van der Waals surface area (Å²) >= 11 is 0. The van der Waals surface area contributed by atoms with E-state index in [0.717, 1.165) is 0 Å². The van der Waals surface area contributed by atoms with Crippen LogP contribution >= 0.6 is 0 Å². The summed E-state index contributed by atoms with van der Waals surface area (Å²) in [5, 5.41) is 19.9. The van der Waals surface area contributed by atoms with Gasteiger partial charge in [0.05, 0.1) is 0 Å². The molecule has 1 amide bonds. The largest absolute Gasteiger partial charge is 0.508 e. The molecule has 7 nitrogen and oxygen atoms in total. The molecule has 2 aliphatic rings. The predicted molar refractivity (Wildman–Crippen MR) is 80.6 cm³/mol. The van der Waals surface area contributed by atoms with E-state index in [-0.39, 0.29) is 28.3 Å². The van der Waals surface area contributed by atoms with Crippen LogP contribution < -0.4 is 0 Å². The van der Waals surface area contributed by atoms with E-state index in [4.69, 9.17) is 0 Å². The molecular formula is C16H18N2O5. The Bertz CT molecular complexity index is 634. The molecule has 0 spiro atoms. The smallest absolute Gasteiger partial charge is 0.232 e. The van der Waals surface area contributed by atoms with Crippen LogP contribution in [0.15, 0.2) is 24.3 Å². The lowest BCUT2D eigenvalue weighted by Gasteiger charge is -2.31. The van der Waals surface area contributed by atoms with Crippen LogP contribution in [-0.2, 0) is 4.79 Å². The number of carbonyl (C=O) groups is 2. The summed E-state index contributed by atoms with van der Waals surface area (Å²) < 4.78 is 0. The molecule has 1 heterocycles. The Labute approximate surface area is 133 Å². The Morgan fingerprint density at radius 2 is 1.78 bits per heavy atom. The summed E-state index contributed by atoms with van der Waals surface area (Å²) in [5.41, 5.74) is 0.559. The van der Waals surface area contributed by atoms with Crippen LogP contribution in [0.4, 0.5) is 0 Å². The fraction of sp³-hybridized carbons (Fsp3) is 0.500. The van der Waals surface area contributed by atoms with Gasteiger partial charge in [-0.05, 0) is 37.1 Å². The molecular weight excluding hydrogens is 300 g/mol. The fourth-order valence-electron chi connectivity index (χ4n) is 3.14. The third kappa shape index (κ3) is 3.18. The molecule has 1 aliphatic heterocycles. The maximum Gasteiger partial charge on any atom is 0.232 e. The molecule has 122 valence electrons. The van der Waals surface area contributed by atoms with E-state index in [2.05, 4.69) is 0 Å². The summed E-state index contributed by atoms with van der Waals surface area (Å²) in [7, 11) is 0. The predicted octanol–water partition coefficient (Wildman–Crippen LogP) is 1.48. The lowest BCUT2D eigenvalue weighted by molar-refractivity contribution is -0.497. The summed E-state index contributed by atoms with van der Waals surface area (Å²) in [6, 6.07) is 5.44. The van der Waals surface area contributed by atoms with Gasteiger partial charge in [-0.25, -0.2) is 0 Å². The number of likely N-dealkylation sites (tertiary alicyclic amines) is 1. The van der Waals surface area contributed by atoms with Crippen molar-refractivity contribution < 1.29 is 19.6 Å². The monoisotopic (exact) mass is 318 g/mol. The molecule has 0 bridgehead atoms.